The average molecular weight is 239 g/mol. The molecule has 1 atom stereocenters. The number of nitrogens with zero attached hydrogens (tertiary/aromatic N) is 1. The van der Waals surface area contributed by atoms with E-state index in [0.717, 1.165) is 32.1 Å². The summed E-state index contributed by atoms with van der Waals surface area (Å²) in [5.74, 6) is -0.334. The zero-order valence-electron chi connectivity index (χ0n) is 10.2. The molecular formula is C12H21N3O2. The zero-order chi connectivity index (χ0) is 12.5. The highest BCUT2D eigenvalue weighted by molar-refractivity contribution is 5.90. The Kier molecular flexibility index (Phi) is 3.38. The quantitative estimate of drug-likeness (QED) is 0.725. The van der Waals surface area contributed by atoms with Gasteiger partial charge >= 0.3 is 0 Å². The van der Waals surface area contributed by atoms with E-state index in [4.69, 9.17) is 11.5 Å². The number of primary amides is 1. The molecule has 96 valence electrons. The summed E-state index contributed by atoms with van der Waals surface area (Å²) in [6.45, 7) is 1.03. The molecule has 17 heavy (non-hydrogen) atoms. The Labute approximate surface area is 102 Å². The van der Waals surface area contributed by atoms with Crippen LogP contribution in [0.1, 0.15) is 38.5 Å². The van der Waals surface area contributed by atoms with Gasteiger partial charge in [0.2, 0.25) is 11.8 Å². The second kappa shape index (κ2) is 4.64. The summed E-state index contributed by atoms with van der Waals surface area (Å²) in [4.78, 5) is 25.6. The van der Waals surface area contributed by atoms with E-state index < -0.39 is 11.5 Å². The zero-order valence-corrected chi connectivity index (χ0v) is 10.2. The van der Waals surface area contributed by atoms with Crippen molar-refractivity contribution in [1.29, 1.82) is 0 Å². The van der Waals surface area contributed by atoms with E-state index in [1.807, 2.05) is 0 Å². The minimum Gasteiger partial charge on any atom is -0.368 e. The van der Waals surface area contributed by atoms with Crippen LogP contribution in [0.4, 0.5) is 0 Å². The van der Waals surface area contributed by atoms with Gasteiger partial charge in [-0.3, -0.25) is 9.59 Å². The molecule has 2 rings (SSSR count). The molecule has 1 saturated heterocycles. The molecule has 5 nitrogen and oxygen atoms in total. The number of piperidine rings is 1. The molecule has 1 heterocycles. The highest BCUT2D eigenvalue weighted by Gasteiger charge is 2.47. The summed E-state index contributed by atoms with van der Waals surface area (Å²) in [5.41, 5.74) is 10.7. The van der Waals surface area contributed by atoms with E-state index in [1.54, 1.807) is 4.90 Å². The maximum absolute atomic E-state index is 12.5. The summed E-state index contributed by atoms with van der Waals surface area (Å²) in [7, 11) is 0. The Morgan fingerprint density at radius 3 is 2.41 bits per heavy atom. The first kappa shape index (κ1) is 12.4. The number of rotatable bonds is 3. The highest BCUT2D eigenvalue weighted by Crippen LogP contribution is 2.42. The molecular weight excluding hydrogens is 218 g/mol. The molecule has 2 amide bonds. The smallest absolute Gasteiger partial charge is 0.240 e. The molecule has 0 aromatic heterocycles. The van der Waals surface area contributed by atoms with Crippen LogP contribution in [0, 0.1) is 5.41 Å². The maximum Gasteiger partial charge on any atom is 0.240 e. The van der Waals surface area contributed by atoms with E-state index in [1.165, 1.54) is 0 Å². The van der Waals surface area contributed by atoms with E-state index in [0.29, 0.717) is 19.5 Å². The van der Waals surface area contributed by atoms with Gasteiger partial charge in [-0.25, -0.2) is 0 Å². The monoisotopic (exact) mass is 239 g/mol. The lowest BCUT2D eigenvalue weighted by molar-refractivity contribution is -0.153. The minimum absolute atomic E-state index is 0.0507. The van der Waals surface area contributed by atoms with Gasteiger partial charge in [0.15, 0.2) is 0 Å². The second-order valence-electron chi connectivity index (χ2n) is 5.25. The van der Waals surface area contributed by atoms with Crippen molar-refractivity contribution in [3.63, 3.8) is 0 Å². The van der Waals surface area contributed by atoms with Gasteiger partial charge in [-0.15, -0.1) is 0 Å². The Bertz CT molecular complexity index is 320. The van der Waals surface area contributed by atoms with E-state index in [9.17, 15) is 9.59 Å². The average Bonchev–Trinajstić information content (AvgIpc) is 2.28. The fraction of sp³-hybridized carbons (Fsp3) is 0.833. The van der Waals surface area contributed by atoms with Gasteiger partial charge in [0.05, 0.1) is 5.41 Å². The highest BCUT2D eigenvalue weighted by atomic mass is 16.2. The number of likely N-dealkylation sites (tertiary alicyclic amines) is 1. The van der Waals surface area contributed by atoms with Crippen molar-refractivity contribution in [2.45, 2.75) is 44.6 Å². The third-order valence-corrected chi connectivity index (χ3v) is 4.25. The molecule has 1 aliphatic heterocycles. The van der Waals surface area contributed by atoms with Gasteiger partial charge in [0.1, 0.15) is 6.04 Å². The first-order chi connectivity index (χ1) is 8.10. The van der Waals surface area contributed by atoms with Crippen LogP contribution in [0.15, 0.2) is 0 Å². The van der Waals surface area contributed by atoms with Crippen LogP contribution in [-0.4, -0.2) is 35.8 Å². The summed E-state index contributed by atoms with van der Waals surface area (Å²) in [6.07, 6.45) is 5.37. The molecule has 1 unspecified atom stereocenters. The topological polar surface area (TPSA) is 89.4 Å². The Morgan fingerprint density at radius 2 is 1.94 bits per heavy atom. The third-order valence-electron chi connectivity index (χ3n) is 4.25. The number of carbonyl (C=O) groups is 2. The molecule has 0 aromatic carbocycles. The molecule has 0 aromatic rings. The molecule has 0 spiro atoms. The third kappa shape index (κ3) is 2.04. The van der Waals surface area contributed by atoms with Gasteiger partial charge < -0.3 is 16.4 Å². The number of hydrogen-bond acceptors (Lipinski definition) is 3. The lowest BCUT2D eigenvalue weighted by Crippen LogP contribution is -2.58. The van der Waals surface area contributed by atoms with Gasteiger partial charge in [-0.1, -0.05) is 6.42 Å². The molecule has 5 heteroatoms. The largest absolute Gasteiger partial charge is 0.368 e. The predicted molar refractivity (Wildman–Crippen MR) is 63.9 cm³/mol. The number of hydrogen-bond donors (Lipinski definition) is 2. The lowest BCUT2D eigenvalue weighted by atomic mass is 9.67. The molecule has 2 aliphatic rings. The van der Waals surface area contributed by atoms with Crippen molar-refractivity contribution in [2.75, 3.05) is 13.1 Å². The molecule has 4 N–H and O–H groups in total. The normalized spacial score (nSPS) is 27.4. The Balaban J connectivity index is 2.13. The fourth-order valence-electron chi connectivity index (χ4n) is 2.88. The van der Waals surface area contributed by atoms with Crippen LogP contribution in [0.3, 0.4) is 0 Å². The van der Waals surface area contributed by atoms with E-state index >= 15 is 0 Å². The first-order valence-corrected chi connectivity index (χ1v) is 6.41. The Hall–Kier alpha value is -1.10. The van der Waals surface area contributed by atoms with Crippen molar-refractivity contribution in [3.8, 4) is 0 Å². The van der Waals surface area contributed by atoms with Crippen LogP contribution in [0.25, 0.3) is 0 Å². The minimum atomic E-state index is -0.416. The van der Waals surface area contributed by atoms with Crippen molar-refractivity contribution in [3.05, 3.63) is 0 Å². The summed E-state index contributed by atoms with van der Waals surface area (Å²) in [6, 6.07) is -0.416. The van der Waals surface area contributed by atoms with Crippen LogP contribution >= 0.6 is 0 Å². The fourth-order valence-corrected chi connectivity index (χ4v) is 2.88. The van der Waals surface area contributed by atoms with Crippen molar-refractivity contribution < 1.29 is 9.59 Å². The van der Waals surface area contributed by atoms with Crippen LogP contribution in [-0.2, 0) is 9.59 Å². The standard InChI is InChI=1S/C12H21N3O2/c13-8-12(5-3-6-12)11(17)15-7-2-1-4-9(15)10(14)16/h9H,1-8,13H2,(H2,14,16). The van der Waals surface area contributed by atoms with Gasteiger partial charge in [0, 0.05) is 13.1 Å². The van der Waals surface area contributed by atoms with Crippen LogP contribution in [0.2, 0.25) is 0 Å². The SMILES string of the molecule is NCC1(C(=O)N2CCCCC2C(N)=O)CCC1. The van der Waals surface area contributed by atoms with E-state index in [2.05, 4.69) is 0 Å². The lowest BCUT2D eigenvalue weighted by Gasteiger charge is -2.45. The van der Waals surface area contributed by atoms with E-state index in [-0.39, 0.29) is 11.8 Å². The van der Waals surface area contributed by atoms with Crippen molar-refractivity contribution in [2.24, 2.45) is 16.9 Å². The maximum atomic E-state index is 12.5. The molecule has 0 bridgehead atoms. The molecule has 1 saturated carbocycles. The summed E-state index contributed by atoms with van der Waals surface area (Å²) in [5, 5.41) is 0. The van der Waals surface area contributed by atoms with Crippen LogP contribution in [0.5, 0.6) is 0 Å². The van der Waals surface area contributed by atoms with Gasteiger partial charge in [-0.05, 0) is 32.1 Å². The van der Waals surface area contributed by atoms with Gasteiger partial charge in [-0.2, -0.15) is 0 Å². The van der Waals surface area contributed by atoms with Gasteiger partial charge in [0.25, 0.3) is 0 Å². The predicted octanol–water partition coefficient (Wildman–Crippen LogP) is -0.0182. The first-order valence-electron chi connectivity index (χ1n) is 6.41. The number of carbonyl (C=O) groups excluding carboxylic acids is 2. The van der Waals surface area contributed by atoms with Crippen molar-refractivity contribution in [1.82, 2.24) is 4.90 Å². The number of nitrogens with two attached hydrogens (primary N) is 2. The molecule has 2 fully saturated rings. The van der Waals surface area contributed by atoms with Crippen LogP contribution < -0.4 is 11.5 Å². The van der Waals surface area contributed by atoms with Crippen molar-refractivity contribution >= 4 is 11.8 Å². The number of amides is 2. The summed E-state index contributed by atoms with van der Waals surface area (Å²) >= 11 is 0. The second-order valence-corrected chi connectivity index (χ2v) is 5.25. The molecule has 1 aliphatic carbocycles. The summed E-state index contributed by atoms with van der Waals surface area (Å²) < 4.78 is 0. The Morgan fingerprint density at radius 1 is 1.24 bits per heavy atom. The molecule has 0 radical (unpaired) electrons.